The van der Waals surface area contributed by atoms with Crippen molar-refractivity contribution in [2.24, 2.45) is 11.8 Å². The number of carbonyl (C=O) groups is 1. The van der Waals surface area contributed by atoms with E-state index < -0.39 is 10.0 Å². The third-order valence-electron chi connectivity index (χ3n) is 4.81. The van der Waals surface area contributed by atoms with Crippen LogP contribution in [0.25, 0.3) is 0 Å². The second kappa shape index (κ2) is 8.12. The van der Waals surface area contributed by atoms with Gasteiger partial charge in [-0.05, 0) is 56.0 Å². The summed E-state index contributed by atoms with van der Waals surface area (Å²) < 4.78 is 25.5. The molecule has 2 atom stereocenters. The first-order valence-corrected chi connectivity index (χ1v) is 10.4. The summed E-state index contributed by atoms with van der Waals surface area (Å²) >= 11 is 6.02. The van der Waals surface area contributed by atoms with E-state index in [0.717, 1.165) is 32.2 Å². The van der Waals surface area contributed by atoms with Crippen LogP contribution in [-0.2, 0) is 10.0 Å². The minimum absolute atomic E-state index is 0. The van der Waals surface area contributed by atoms with Crippen molar-refractivity contribution in [1.29, 1.82) is 0 Å². The summed E-state index contributed by atoms with van der Waals surface area (Å²) in [5, 5.41) is 3.82. The Labute approximate surface area is 159 Å². The molecule has 0 radical (unpaired) electrons. The summed E-state index contributed by atoms with van der Waals surface area (Å²) in [6.07, 6.45) is 3.01. The summed E-state index contributed by atoms with van der Waals surface area (Å²) in [4.78, 5) is 14.8. The normalized spacial score (nSPS) is 23.4. The Balaban J connectivity index is 0.00000225. The van der Waals surface area contributed by atoms with Gasteiger partial charge < -0.3 is 10.2 Å². The third kappa shape index (κ3) is 5.00. The molecular weight excluding hydrogens is 385 g/mol. The first-order chi connectivity index (χ1) is 11.3. The van der Waals surface area contributed by atoms with Gasteiger partial charge >= 0.3 is 0 Å². The van der Waals surface area contributed by atoms with Gasteiger partial charge in [0.1, 0.15) is 0 Å². The number of nitrogens with zero attached hydrogens (tertiary/aromatic N) is 1. The summed E-state index contributed by atoms with van der Waals surface area (Å²) in [6.45, 7) is 3.41. The van der Waals surface area contributed by atoms with Crippen molar-refractivity contribution in [3.63, 3.8) is 0 Å². The van der Waals surface area contributed by atoms with E-state index in [9.17, 15) is 13.2 Å². The molecule has 2 heterocycles. The summed E-state index contributed by atoms with van der Waals surface area (Å²) in [7, 11) is -3.47. The van der Waals surface area contributed by atoms with Crippen LogP contribution in [0.4, 0.5) is 5.69 Å². The number of fused-ring (bicyclic) bond motifs is 1. The standard InChI is InChI=1S/C16H22ClN3O3S.ClH/c1-24(22,23)19-15-3-2-13(17)8-14(15)16(21)20-6-4-11-9-18-10-12(11)5-7-20;/h2-3,8,11-12,18-19H,4-7,9-10H2,1H3;1H/t11-,12+;. The van der Waals surface area contributed by atoms with Gasteiger partial charge in [-0.15, -0.1) is 12.4 Å². The lowest BCUT2D eigenvalue weighted by Gasteiger charge is -2.22. The molecule has 1 amide bonds. The maximum Gasteiger partial charge on any atom is 0.256 e. The minimum Gasteiger partial charge on any atom is -0.339 e. The smallest absolute Gasteiger partial charge is 0.256 e. The number of amides is 1. The molecule has 2 saturated heterocycles. The van der Waals surface area contributed by atoms with Crippen molar-refractivity contribution in [3.05, 3.63) is 28.8 Å². The Morgan fingerprint density at radius 2 is 1.84 bits per heavy atom. The molecule has 25 heavy (non-hydrogen) atoms. The summed E-state index contributed by atoms with van der Waals surface area (Å²) in [5.41, 5.74) is 0.580. The molecule has 140 valence electrons. The first-order valence-electron chi connectivity index (χ1n) is 8.11. The number of likely N-dealkylation sites (tertiary alicyclic amines) is 1. The number of hydrogen-bond acceptors (Lipinski definition) is 4. The van der Waals surface area contributed by atoms with Crippen LogP contribution in [0.1, 0.15) is 23.2 Å². The highest BCUT2D eigenvalue weighted by atomic mass is 35.5. The van der Waals surface area contributed by atoms with Gasteiger partial charge in [0.15, 0.2) is 0 Å². The molecule has 0 bridgehead atoms. The molecule has 6 nitrogen and oxygen atoms in total. The zero-order valence-electron chi connectivity index (χ0n) is 14.0. The Kier molecular flexibility index (Phi) is 6.59. The zero-order chi connectivity index (χ0) is 17.3. The molecule has 1 aromatic carbocycles. The van der Waals surface area contributed by atoms with Crippen LogP contribution in [0.2, 0.25) is 5.02 Å². The number of benzene rings is 1. The fraction of sp³-hybridized carbons (Fsp3) is 0.562. The van der Waals surface area contributed by atoms with Gasteiger partial charge in [-0.2, -0.15) is 0 Å². The lowest BCUT2D eigenvalue weighted by atomic mass is 9.92. The van der Waals surface area contributed by atoms with Crippen LogP contribution in [-0.4, -0.2) is 51.7 Å². The molecule has 2 aliphatic rings. The Morgan fingerprint density at radius 1 is 1.24 bits per heavy atom. The van der Waals surface area contributed by atoms with E-state index in [0.29, 0.717) is 35.5 Å². The first kappa shape index (κ1) is 20.3. The van der Waals surface area contributed by atoms with E-state index in [2.05, 4.69) is 10.0 Å². The molecule has 0 spiro atoms. The Bertz CT molecular complexity index is 728. The number of rotatable bonds is 3. The predicted octanol–water partition coefficient (Wildman–Crippen LogP) is 2.20. The van der Waals surface area contributed by atoms with Gasteiger partial charge in [-0.3, -0.25) is 9.52 Å². The molecule has 0 unspecified atom stereocenters. The van der Waals surface area contributed by atoms with Crippen molar-refractivity contribution in [2.75, 3.05) is 37.2 Å². The maximum atomic E-state index is 12.9. The van der Waals surface area contributed by atoms with Crippen molar-refractivity contribution >= 4 is 45.6 Å². The maximum absolute atomic E-state index is 12.9. The SMILES string of the molecule is CS(=O)(=O)Nc1ccc(Cl)cc1C(=O)N1CC[C@@H]2CNC[C@@H]2CC1.Cl. The molecule has 2 fully saturated rings. The molecular formula is C16H23Cl2N3O3S. The van der Waals surface area contributed by atoms with Gasteiger partial charge in [0.25, 0.3) is 5.91 Å². The number of nitrogens with one attached hydrogen (secondary N) is 2. The van der Waals surface area contributed by atoms with Crippen LogP contribution in [0, 0.1) is 11.8 Å². The average Bonchev–Trinajstić information content (AvgIpc) is 2.86. The van der Waals surface area contributed by atoms with Crippen LogP contribution < -0.4 is 10.0 Å². The van der Waals surface area contributed by atoms with Crippen LogP contribution in [0.5, 0.6) is 0 Å². The van der Waals surface area contributed by atoms with Gasteiger partial charge in [-0.25, -0.2) is 8.42 Å². The third-order valence-corrected chi connectivity index (χ3v) is 5.64. The topological polar surface area (TPSA) is 78.5 Å². The number of hydrogen-bond donors (Lipinski definition) is 2. The lowest BCUT2D eigenvalue weighted by molar-refractivity contribution is 0.0759. The Hall–Kier alpha value is -1.02. The minimum atomic E-state index is -3.47. The predicted molar refractivity (Wildman–Crippen MR) is 102 cm³/mol. The van der Waals surface area contributed by atoms with E-state index in [1.807, 2.05) is 4.90 Å². The summed E-state index contributed by atoms with van der Waals surface area (Å²) in [6, 6.07) is 4.64. The van der Waals surface area contributed by atoms with E-state index in [1.54, 1.807) is 6.07 Å². The highest BCUT2D eigenvalue weighted by Gasteiger charge is 2.32. The largest absolute Gasteiger partial charge is 0.339 e. The number of halogens is 2. The molecule has 1 aromatic rings. The van der Waals surface area contributed by atoms with Gasteiger partial charge in [0.05, 0.1) is 17.5 Å². The number of anilines is 1. The molecule has 9 heteroatoms. The summed E-state index contributed by atoms with van der Waals surface area (Å²) in [5.74, 6) is 1.07. The highest BCUT2D eigenvalue weighted by molar-refractivity contribution is 7.92. The van der Waals surface area contributed by atoms with Crippen molar-refractivity contribution < 1.29 is 13.2 Å². The fourth-order valence-corrected chi connectivity index (χ4v) is 4.32. The van der Waals surface area contributed by atoms with Gasteiger partial charge in [0, 0.05) is 18.1 Å². The van der Waals surface area contributed by atoms with Crippen LogP contribution >= 0.6 is 24.0 Å². The van der Waals surface area contributed by atoms with Crippen molar-refractivity contribution in [1.82, 2.24) is 10.2 Å². The van der Waals surface area contributed by atoms with Gasteiger partial charge in [-0.1, -0.05) is 11.6 Å². The molecule has 0 aliphatic carbocycles. The van der Waals surface area contributed by atoms with Crippen LogP contribution in [0.15, 0.2) is 18.2 Å². The molecule has 0 saturated carbocycles. The molecule has 3 rings (SSSR count). The monoisotopic (exact) mass is 407 g/mol. The zero-order valence-corrected chi connectivity index (χ0v) is 16.4. The van der Waals surface area contributed by atoms with Crippen molar-refractivity contribution in [3.8, 4) is 0 Å². The van der Waals surface area contributed by atoms with E-state index in [1.165, 1.54) is 12.1 Å². The lowest BCUT2D eigenvalue weighted by Crippen LogP contribution is -2.33. The highest BCUT2D eigenvalue weighted by Crippen LogP contribution is 2.29. The molecule has 2 aliphatic heterocycles. The second-order valence-electron chi connectivity index (χ2n) is 6.61. The second-order valence-corrected chi connectivity index (χ2v) is 8.80. The fourth-order valence-electron chi connectivity index (χ4n) is 3.57. The Morgan fingerprint density at radius 3 is 2.40 bits per heavy atom. The number of sulfonamides is 1. The number of carbonyl (C=O) groups excluding carboxylic acids is 1. The average molecular weight is 408 g/mol. The van der Waals surface area contributed by atoms with E-state index >= 15 is 0 Å². The molecule has 2 N–H and O–H groups in total. The molecule has 0 aromatic heterocycles. The van der Waals surface area contributed by atoms with E-state index in [4.69, 9.17) is 11.6 Å². The van der Waals surface area contributed by atoms with E-state index in [-0.39, 0.29) is 24.0 Å². The van der Waals surface area contributed by atoms with Crippen LogP contribution in [0.3, 0.4) is 0 Å². The quantitative estimate of drug-likeness (QED) is 0.804. The van der Waals surface area contributed by atoms with Crippen molar-refractivity contribution in [2.45, 2.75) is 12.8 Å². The van der Waals surface area contributed by atoms with Gasteiger partial charge in [0.2, 0.25) is 10.0 Å².